The summed E-state index contributed by atoms with van der Waals surface area (Å²) in [6.07, 6.45) is 19.0. The van der Waals surface area contributed by atoms with Gasteiger partial charge in [-0.1, -0.05) is 84.5 Å². The van der Waals surface area contributed by atoms with Gasteiger partial charge < -0.3 is 9.84 Å². The zero-order valence-corrected chi connectivity index (χ0v) is 18.0. The van der Waals surface area contributed by atoms with Crippen molar-refractivity contribution in [2.75, 3.05) is 0 Å². The van der Waals surface area contributed by atoms with Gasteiger partial charge in [-0.2, -0.15) is 0 Å². The van der Waals surface area contributed by atoms with E-state index in [-0.39, 0.29) is 18.5 Å². The molecule has 0 spiro atoms. The Hall–Kier alpha value is -1.06. The molecule has 0 amide bonds. The average Bonchev–Trinajstić information content (AvgIpc) is 2.64. The number of rotatable bonds is 20. The molecule has 0 bridgehead atoms. The number of aliphatic carboxylic acids is 1. The summed E-state index contributed by atoms with van der Waals surface area (Å²) in [4.78, 5) is 22.5. The fourth-order valence-electron chi connectivity index (χ4n) is 3.34. The molecule has 0 saturated heterocycles. The molecule has 4 nitrogen and oxygen atoms in total. The topological polar surface area (TPSA) is 63.6 Å². The van der Waals surface area contributed by atoms with Crippen molar-refractivity contribution in [3.8, 4) is 0 Å². The van der Waals surface area contributed by atoms with Gasteiger partial charge in [0.05, 0.1) is 0 Å². The maximum atomic E-state index is 12.0. The van der Waals surface area contributed by atoms with Gasteiger partial charge in [-0.05, 0) is 32.1 Å². The highest BCUT2D eigenvalue weighted by molar-refractivity contribution is 5.70. The first-order chi connectivity index (χ1) is 13.1. The second-order valence-electron chi connectivity index (χ2n) is 7.83. The van der Waals surface area contributed by atoms with E-state index in [9.17, 15) is 9.59 Å². The maximum absolute atomic E-state index is 12.0. The zero-order chi connectivity index (χ0) is 20.2. The standard InChI is InChI=1S/C23H44O4/c1-3-5-7-8-9-10-11-12-13-14-18-21(17-6-4-2)27-23(26)20-16-15-19-22(24)25/h21H,3-20H2,1-2H3,(H,24,25). The van der Waals surface area contributed by atoms with E-state index in [1.54, 1.807) is 0 Å². The van der Waals surface area contributed by atoms with E-state index in [4.69, 9.17) is 9.84 Å². The van der Waals surface area contributed by atoms with Crippen LogP contribution in [0.3, 0.4) is 0 Å². The second kappa shape index (κ2) is 19.7. The number of carboxylic acid groups (broad SMARTS) is 1. The van der Waals surface area contributed by atoms with Crippen LogP contribution in [-0.4, -0.2) is 23.1 Å². The highest BCUT2D eigenvalue weighted by Crippen LogP contribution is 2.17. The molecule has 27 heavy (non-hydrogen) atoms. The molecule has 160 valence electrons. The molecule has 0 aliphatic carbocycles. The molecule has 1 atom stereocenters. The van der Waals surface area contributed by atoms with Gasteiger partial charge >= 0.3 is 11.9 Å². The molecule has 0 heterocycles. The Bertz CT molecular complexity index is 354. The van der Waals surface area contributed by atoms with Crippen molar-refractivity contribution in [3.05, 3.63) is 0 Å². The van der Waals surface area contributed by atoms with Crippen LogP contribution in [0.1, 0.15) is 129 Å². The number of carbonyl (C=O) groups is 2. The summed E-state index contributed by atoms with van der Waals surface area (Å²) in [5, 5.41) is 8.63. The van der Waals surface area contributed by atoms with Crippen LogP contribution in [0, 0.1) is 0 Å². The summed E-state index contributed by atoms with van der Waals surface area (Å²) < 4.78 is 5.66. The lowest BCUT2D eigenvalue weighted by Crippen LogP contribution is -2.18. The van der Waals surface area contributed by atoms with Gasteiger partial charge in [0.25, 0.3) is 0 Å². The second-order valence-corrected chi connectivity index (χ2v) is 7.83. The third-order valence-corrected chi connectivity index (χ3v) is 5.08. The number of unbranched alkanes of at least 4 members (excludes halogenated alkanes) is 11. The third-order valence-electron chi connectivity index (χ3n) is 5.08. The van der Waals surface area contributed by atoms with E-state index < -0.39 is 5.97 Å². The predicted octanol–water partition coefficient (Wildman–Crippen LogP) is 7.04. The molecule has 0 aromatic heterocycles. The summed E-state index contributed by atoms with van der Waals surface area (Å²) in [6.45, 7) is 4.41. The quantitative estimate of drug-likeness (QED) is 0.180. The Morgan fingerprint density at radius 1 is 0.667 bits per heavy atom. The Morgan fingerprint density at radius 3 is 1.70 bits per heavy atom. The van der Waals surface area contributed by atoms with Crippen molar-refractivity contribution in [3.63, 3.8) is 0 Å². The lowest BCUT2D eigenvalue weighted by atomic mass is 10.0. The molecular weight excluding hydrogens is 340 g/mol. The molecular formula is C23H44O4. The smallest absolute Gasteiger partial charge is 0.306 e. The van der Waals surface area contributed by atoms with E-state index >= 15 is 0 Å². The van der Waals surface area contributed by atoms with E-state index in [0.29, 0.717) is 19.3 Å². The molecule has 4 heteroatoms. The van der Waals surface area contributed by atoms with E-state index in [1.807, 2.05) is 0 Å². The van der Waals surface area contributed by atoms with E-state index in [0.717, 1.165) is 32.1 Å². The molecule has 0 radical (unpaired) electrons. The van der Waals surface area contributed by atoms with Gasteiger partial charge in [0, 0.05) is 12.8 Å². The van der Waals surface area contributed by atoms with E-state index in [2.05, 4.69) is 13.8 Å². The average molecular weight is 385 g/mol. The van der Waals surface area contributed by atoms with Gasteiger partial charge in [0.15, 0.2) is 0 Å². The first kappa shape index (κ1) is 25.9. The van der Waals surface area contributed by atoms with Crippen LogP contribution in [0.5, 0.6) is 0 Å². The Morgan fingerprint density at radius 2 is 1.15 bits per heavy atom. The summed E-state index contributed by atoms with van der Waals surface area (Å²) in [5.74, 6) is -0.960. The maximum Gasteiger partial charge on any atom is 0.306 e. The lowest BCUT2D eigenvalue weighted by molar-refractivity contribution is -0.150. The normalized spacial score (nSPS) is 12.1. The molecule has 0 saturated carbocycles. The van der Waals surface area contributed by atoms with Crippen LogP contribution < -0.4 is 0 Å². The fourth-order valence-corrected chi connectivity index (χ4v) is 3.34. The minimum atomic E-state index is -0.801. The number of hydrogen-bond donors (Lipinski definition) is 1. The van der Waals surface area contributed by atoms with Crippen LogP contribution in [0.2, 0.25) is 0 Å². The van der Waals surface area contributed by atoms with Crippen LogP contribution in [-0.2, 0) is 14.3 Å². The molecule has 0 aromatic carbocycles. The van der Waals surface area contributed by atoms with Crippen molar-refractivity contribution in [2.24, 2.45) is 0 Å². The molecule has 1 unspecified atom stereocenters. The molecule has 0 fully saturated rings. The minimum absolute atomic E-state index is 0.0472. The van der Waals surface area contributed by atoms with Gasteiger partial charge in [0.1, 0.15) is 6.10 Å². The fraction of sp³-hybridized carbons (Fsp3) is 0.913. The van der Waals surface area contributed by atoms with Crippen LogP contribution in [0.25, 0.3) is 0 Å². The summed E-state index contributed by atoms with van der Waals surface area (Å²) >= 11 is 0. The van der Waals surface area contributed by atoms with Crippen LogP contribution in [0.4, 0.5) is 0 Å². The van der Waals surface area contributed by atoms with Crippen LogP contribution >= 0.6 is 0 Å². The number of hydrogen-bond acceptors (Lipinski definition) is 3. The number of carbonyl (C=O) groups excluding carboxylic acids is 1. The molecule has 0 rings (SSSR count). The summed E-state index contributed by atoms with van der Waals surface area (Å²) in [5.41, 5.74) is 0. The first-order valence-electron chi connectivity index (χ1n) is 11.5. The monoisotopic (exact) mass is 384 g/mol. The highest BCUT2D eigenvalue weighted by Gasteiger charge is 2.14. The van der Waals surface area contributed by atoms with Crippen molar-refractivity contribution < 1.29 is 19.4 Å². The van der Waals surface area contributed by atoms with Crippen LogP contribution in [0.15, 0.2) is 0 Å². The molecule has 0 aliphatic rings. The van der Waals surface area contributed by atoms with Crippen molar-refractivity contribution in [2.45, 2.75) is 136 Å². The molecule has 0 aromatic rings. The van der Waals surface area contributed by atoms with Crippen molar-refractivity contribution in [1.82, 2.24) is 0 Å². The SMILES string of the molecule is CCCCCCCCCCCCC(CCCC)OC(=O)CCCCC(=O)O. The minimum Gasteiger partial charge on any atom is -0.481 e. The summed E-state index contributed by atoms with van der Waals surface area (Å²) in [7, 11) is 0. The van der Waals surface area contributed by atoms with Gasteiger partial charge in [-0.25, -0.2) is 0 Å². The zero-order valence-electron chi connectivity index (χ0n) is 18.0. The van der Waals surface area contributed by atoms with Crippen molar-refractivity contribution >= 4 is 11.9 Å². The van der Waals surface area contributed by atoms with Gasteiger partial charge in [-0.3, -0.25) is 9.59 Å². The largest absolute Gasteiger partial charge is 0.481 e. The Kier molecular flexibility index (Phi) is 18.9. The predicted molar refractivity (Wildman–Crippen MR) is 112 cm³/mol. The lowest BCUT2D eigenvalue weighted by Gasteiger charge is -2.18. The Balaban J connectivity index is 3.76. The molecule has 1 N–H and O–H groups in total. The van der Waals surface area contributed by atoms with Gasteiger partial charge in [-0.15, -0.1) is 0 Å². The Labute approximate surface area is 167 Å². The first-order valence-corrected chi connectivity index (χ1v) is 11.5. The highest BCUT2D eigenvalue weighted by atomic mass is 16.5. The molecule has 0 aliphatic heterocycles. The number of carboxylic acids is 1. The number of esters is 1. The van der Waals surface area contributed by atoms with Gasteiger partial charge in [0.2, 0.25) is 0 Å². The summed E-state index contributed by atoms with van der Waals surface area (Å²) in [6, 6.07) is 0. The number of ether oxygens (including phenoxy) is 1. The third kappa shape index (κ3) is 19.5. The van der Waals surface area contributed by atoms with Crippen molar-refractivity contribution in [1.29, 1.82) is 0 Å². The van der Waals surface area contributed by atoms with E-state index in [1.165, 1.54) is 57.8 Å².